The first-order valence-electron chi connectivity index (χ1n) is 5.65. The van der Waals surface area contributed by atoms with Gasteiger partial charge in [0.05, 0.1) is 21.8 Å². The molecule has 0 saturated carbocycles. The molecular formula is C11H13NO4S2. The Bertz CT molecular complexity index is 446. The van der Waals surface area contributed by atoms with Crippen LogP contribution in [-0.2, 0) is 14.4 Å². The van der Waals surface area contributed by atoms with Crippen LogP contribution in [0.4, 0.5) is 0 Å². The van der Waals surface area contributed by atoms with Crippen LogP contribution in [0.15, 0.2) is 9.93 Å². The van der Waals surface area contributed by atoms with Gasteiger partial charge in [0.2, 0.25) is 5.91 Å². The van der Waals surface area contributed by atoms with Crippen molar-refractivity contribution in [2.75, 3.05) is 5.75 Å². The van der Waals surface area contributed by atoms with E-state index in [0.717, 1.165) is 6.42 Å². The fourth-order valence-electron chi connectivity index (χ4n) is 1.82. The fraction of sp³-hybridized carbons (Fsp3) is 0.545. The molecule has 0 aromatic rings. The van der Waals surface area contributed by atoms with Gasteiger partial charge in [0.25, 0.3) is 0 Å². The number of rotatable bonds is 6. The number of carboxylic acid groups (broad SMARTS) is 1. The highest BCUT2D eigenvalue weighted by molar-refractivity contribution is 8.23. The minimum absolute atomic E-state index is 0.0514. The van der Waals surface area contributed by atoms with Gasteiger partial charge < -0.3 is 5.11 Å². The maximum Gasteiger partial charge on any atom is 0.354 e. The number of nitrogens with zero attached hydrogens (tertiary/aromatic N) is 1. The van der Waals surface area contributed by atoms with Gasteiger partial charge in [0.15, 0.2) is 5.70 Å². The zero-order chi connectivity index (χ0) is 13.3. The van der Waals surface area contributed by atoms with Crippen molar-refractivity contribution in [3.63, 3.8) is 0 Å². The zero-order valence-corrected chi connectivity index (χ0v) is 11.5. The van der Waals surface area contributed by atoms with E-state index in [9.17, 15) is 14.4 Å². The third-order valence-electron chi connectivity index (χ3n) is 2.68. The summed E-state index contributed by atoms with van der Waals surface area (Å²) in [5.74, 6) is -0.855. The van der Waals surface area contributed by atoms with Crippen LogP contribution in [0.1, 0.15) is 26.2 Å². The number of carboxylic acids is 1. The Balaban J connectivity index is 2.05. The number of hydrogen-bond donors (Lipinski definition) is 1. The predicted molar refractivity (Wildman–Crippen MR) is 69.9 cm³/mol. The molecule has 0 bridgehead atoms. The lowest BCUT2D eigenvalue weighted by Crippen LogP contribution is -2.48. The molecule has 2 heterocycles. The molecule has 7 heteroatoms. The van der Waals surface area contributed by atoms with Crippen molar-refractivity contribution in [3.8, 4) is 0 Å². The van der Waals surface area contributed by atoms with Gasteiger partial charge in [0, 0.05) is 6.42 Å². The van der Waals surface area contributed by atoms with E-state index in [-0.39, 0.29) is 28.5 Å². The molecule has 1 amide bonds. The summed E-state index contributed by atoms with van der Waals surface area (Å²) in [4.78, 5) is 35.3. The summed E-state index contributed by atoms with van der Waals surface area (Å²) in [6.07, 6.45) is 1.69. The third kappa shape index (κ3) is 2.42. The van der Waals surface area contributed by atoms with Gasteiger partial charge in [-0.3, -0.25) is 14.5 Å². The van der Waals surface area contributed by atoms with Gasteiger partial charge in [-0.1, -0.05) is 18.7 Å². The van der Waals surface area contributed by atoms with Crippen LogP contribution >= 0.6 is 23.5 Å². The highest BCUT2D eigenvalue weighted by Crippen LogP contribution is 2.50. The number of amides is 1. The monoisotopic (exact) mass is 287 g/mol. The summed E-state index contributed by atoms with van der Waals surface area (Å²) in [5, 5.41) is 9.05. The standard InChI is InChI=1S/C11H13NO4S2/c1-2-3-6(13)5-17-11-9(10(15)16)12-7(14)4-8(12)18-11/h8H,2-5H2,1H3,(H,15,16)/t8-/m1/s1. The topological polar surface area (TPSA) is 74.7 Å². The van der Waals surface area contributed by atoms with Crippen molar-refractivity contribution in [3.05, 3.63) is 9.93 Å². The van der Waals surface area contributed by atoms with E-state index in [2.05, 4.69) is 0 Å². The van der Waals surface area contributed by atoms with E-state index in [1.807, 2.05) is 6.92 Å². The van der Waals surface area contributed by atoms with Crippen LogP contribution in [0.25, 0.3) is 0 Å². The summed E-state index contributed by atoms with van der Waals surface area (Å²) in [7, 11) is 0. The van der Waals surface area contributed by atoms with Crippen LogP contribution in [0, 0.1) is 0 Å². The summed E-state index contributed by atoms with van der Waals surface area (Å²) in [6, 6.07) is 0. The fourth-order valence-corrected chi connectivity index (χ4v) is 4.46. The summed E-state index contributed by atoms with van der Waals surface area (Å²) in [6.45, 7) is 1.93. The minimum Gasteiger partial charge on any atom is -0.477 e. The summed E-state index contributed by atoms with van der Waals surface area (Å²) in [5.41, 5.74) is 0.0514. The first kappa shape index (κ1) is 13.5. The molecule has 0 aromatic carbocycles. The summed E-state index contributed by atoms with van der Waals surface area (Å²) >= 11 is 2.61. The number of carbonyl (C=O) groups excluding carboxylic acids is 2. The van der Waals surface area contributed by atoms with Crippen molar-refractivity contribution in [1.29, 1.82) is 0 Å². The number of thioether (sulfide) groups is 2. The van der Waals surface area contributed by atoms with Crippen LogP contribution in [0.3, 0.4) is 0 Å². The molecule has 0 aromatic heterocycles. The van der Waals surface area contributed by atoms with Crippen molar-refractivity contribution in [2.45, 2.75) is 31.6 Å². The second-order valence-corrected chi connectivity index (χ2v) is 6.49. The zero-order valence-electron chi connectivity index (χ0n) is 9.84. The van der Waals surface area contributed by atoms with Gasteiger partial charge >= 0.3 is 5.97 Å². The second kappa shape index (κ2) is 5.36. The van der Waals surface area contributed by atoms with Gasteiger partial charge in [-0.05, 0) is 6.42 Å². The Labute approximate surface area is 113 Å². The van der Waals surface area contributed by atoms with E-state index in [0.29, 0.717) is 17.1 Å². The molecule has 1 saturated heterocycles. The van der Waals surface area contributed by atoms with Gasteiger partial charge in [-0.25, -0.2) is 4.79 Å². The molecule has 5 nitrogen and oxygen atoms in total. The van der Waals surface area contributed by atoms with Crippen molar-refractivity contribution < 1.29 is 19.5 Å². The highest BCUT2D eigenvalue weighted by atomic mass is 32.2. The SMILES string of the molecule is CCCC(=O)CSC1=C(C(=O)O)N2C(=O)C[C@H]2S1. The van der Waals surface area contributed by atoms with Gasteiger partial charge in [-0.15, -0.1) is 11.8 Å². The lowest BCUT2D eigenvalue weighted by Gasteiger charge is -2.33. The molecule has 1 N–H and O–H groups in total. The molecule has 0 radical (unpaired) electrons. The quantitative estimate of drug-likeness (QED) is 0.749. The Hall–Kier alpha value is -0.950. The molecule has 1 atom stereocenters. The average molecular weight is 287 g/mol. The molecule has 18 heavy (non-hydrogen) atoms. The Morgan fingerprint density at radius 3 is 2.83 bits per heavy atom. The molecular weight excluding hydrogens is 274 g/mol. The Kier molecular flexibility index (Phi) is 4.01. The van der Waals surface area contributed by atoms with E-state index < -0.39 is 5.97 Å². The van der Waals surface area contributed by atoms with Crippen LogP contribution in [0.2, 0.25) is 0 Å². The average Bonchev–Trinajstić information content (AvgIpc) is 2.59. The van der Waals surface area contributed by atoms with Crippen molar-refractivity contribution in [2.24, 2.45) is 0 Å². The number of Topliss-reactive ketones (excluding diaryl/α,β-unsaturated/α-hetero) is 1. The normalized spacial score (nSPS) is 21.9. The molecule has 2 aliphatic heterocycles. The number of hydrogen-bond acceptors (Lipinski definition) is 5. The number of β-lactam (4-membered cyclic amide) rings is 1. The molecule has 0 spiro atoms. The molecule has 0 unspecified atom stereocenters. The maximum atomic E-state index is 11.4. The number of fused-ring (bicyclic) bond motifs is 1. The Morgan fingerprint density at radius 2 is 2.28 bits per heavy atom. The smallest absolute Gasteiger partial charge is 0.354 e. The first-order valence-corrected chi connectivity index (χ1v) is 7.52. The lowest BCUT2D eigenvalue weighted by atomic mass is 10.2. The van der Waals surface area contributed by atoms with Crippen molar-refractivity contribution >= 4 is 41.2 Å². The second-order valence-electron chi connectivity index (χ2n) is 4.06. The molecule has 2 rings (SSSR count). The van der Waals surface area contributed by atoms with Crippen LogP contribution in [0.5, 0.6) is 0 Å². The van der Waals surface area contributed by atoms with E-state index >= 15 is 0 Å². The van der Waals surface area contributed by atoms with Crippen LogP contribution in [-0.4, -0.2) is 38.8 Å². The number of aliphatic carboxylic acids is 1. The van der Waals surface area contributed by atoms with Crippen molar-refractivity contribution in [1.82, 2.24) is 4.90 Å². The first-order chi connectivity index (χ1) is 8.54. The highest BCUT2D eigenvalue weighted by Gasteiger charge is 2.48. The number of carbonyl (C=O) groups is 3. The van der Waals surface area contributed by atoms with Gasteiger partial charge in [-0.2, -0.15) is 0 Å². The molecule has 98 valence electrons. The van der Waals surface area contributed by atoms with Gasteiger partial charge in [0.1, 0.15) is 5.78 Å². The Morgan fingerprint density at radius 1 is 1.56 bits per heavy atom. The lowest BCUT2D eigenvalue weighted by molar-refractivity contribution is -0.145. The maximum absolute atomic E-state index is 11.4. The molecule has 2 aliphatic rings. The van der Waals surface area contributed by atoms with E-state index in [4.69, 9.17) is 5.11 Å². The minimum atomic E-state index is -1.09. The third-order valence-corrected chi connectivity index (χ3v) is 5.30. The van der Waals surface area contributed by atoms with Crippen LogP contribution < -0.4 is 0 Å². The number of ketones is 1. The van der Waals surface area contributed by atoms with E-state index in [1.165, 1.54) is 28.4 Å². The predicted octanol–water partition coefficient (Wildman–Crippen LogP) is 1.65. The van der Waals surface area contributed by atoms with E-state index in [1.54, 1.807) is 0 Å². The largest absolute Gasteiger partial charge is 0.477 e. The summed E-state index contributed by atoms with van der Waals surface area (Å²) < 4.78 is 0.586. The molecule has 1 fully saturated rings. The molecule has 0 aliphatic carbocycles.